The van der Waals surface area contributed by atoms with E-state index in [9.17, 15) is 19.7 Å². The van der Waals surface area contributed by atoms with Crippen molar-refractivity contribution in [2.75, 3.05) is 12.4 Å². The number of anilines is 1. The standard InChI is InChI=1S/C18H18N2O6/c1-11-7-8-13(9-16(11)20(23)24)18(22)26-12(2)17(21)19-14-5-4-6-15(10-14)25-3/h4-10,12H,1-3H3,(H,19,21)/t12-/m1/s1. The fourth-order valence-electron chi connectivity index (χ4n) is 2.16. The maximum absolute atomic E-state index is 12.2. The van der Waals surface area contributed by atoms with Crippen molar-refractivity contribution in [3.8, 4) is 5.75 Å². The van der Waals surface area contributed by atoms with Gasteiger partial charge in [-0.05, 0) is 32.0 Å². The van der Waals surface area contributed by atoms with Crippen LogP contribution >= 0.6 is 0 Å². The van der Waals surface area contributed by atoms with E-state index in [2.05, 4.69) is 5.32 Å². The molecule has 0 unspecified atom stereocenters. The van der Waals surface area contributed by atoms with Crippen LogP contribution < -0.4 is 10.1 Å². The van der Waals surface area contributed by atoms with Crippen LogP contribution in [0.5, 0.6) is 5.75 Å². The number of hydrogen-bond donors (Lipinski definition) is 1. The molecule has 0 radical (unpaired) electrons. The number of nitrogens with one attached hydrogen (secondary N) is 1. The van der Waals surface area contributed by atoms with Crippen molar-refractivity contribution in [2.24, 2.45) is 0 Å². The lowest BCUT2D eigenvalue weighted by atomic mass is 10.1. The Morgan fingerprint density at radius 1 is 1.19 bits per heavy atom. The average molecular weight is 358 g/mol. The van der Waals surface area contributed by atoms with Gasteiger partial charge in [0.05, 0.1) is 17.6 Å². The minimum absolute atomic E-state index is 0.00308. The van der Waals surface area contributed by atoms with Crippen LogP contribution in [-0.4, -0.2) is 30.0 Å². The van der Waals surface area contributed by atoms with Gasteiger partial charge in [-0.25, -0.2) is 4.79 Å². The zero-order valence-electron chi connectivity index (χ0n) is 14.5. The molecule has 1 atom stereocenters. The number of benzene rings is 2. The Balaban J connectivity index is 2.05. The summed E-state index contributed by atoms with van der Waals surface area (Å²) in [6.07, 6.45) is -1.09. The van der Waals surface area contributed by atoms with E-state index < -0.39 is 22.9 Å². The Morgan fingerprint density at radius 3 is 2.58 bits per heavy atom. The van der Waals surface area contributed by atoms with Gasteiger partial charge in [-0.15, -0.1) is 0 Å². The number of aryl methyl sites for hydroxylation is 1. The number of rotatable bonds is 6. The molecule has 2 aromatic rings. The first-order valence-electron chi connectivity index (χ1n) is 7.72. The minimum atomic E-state index is -1.09. The number of nitrogens with zero attached hydrogens (tertiary/aromatic N) is 1. The highest BCUT2D eigenvalue weighted by Crippen LogP contribution is 2.20. The molecule has 8 nitrogen and oxygen atoms in total. The molecular formula is C18H18N2O6. The minimum Gasteiger partial charge on any atom is -0.497 e. The lowest BCUT2D eigenvalue weighted by molar-refractivity contribution is -0.385. The van der Waals surface area contributed by atoms with Gasteiger partial charge < -0.3 is 14.8 Å². The SMILES string of the molecule is COc1cccc(NC(=O)[C@@H](C)OC(=O)c2ccc(C)c([N+](=O)[O-])c2)c1. The van der Waals surface area contributed by atoms with E-state index in [0.717, 1.165) is 6.07 Å². The van der Waals surface area contributed by atoms with Crippen LogP contribution in [0.3, 0.4) is 0 Å². The topological polar surface area (TPSA) is 108 Å². The third kappa shape index (κ3) is 4.56. The summed E-state index contributed by atoms with van der Waals surface area (Å²) in [7, 11) is 1.51. The predicted octanol–water partition coefficient (Wildman–Crippen LogP) is 3.10. The van der Waals surface area contributed by atoms with Gasteiger partial charge in [0.2, 0.25) is 0 Å². The molecule has 0 heterocycles. The summed E-state index contributed by atoms with van der Waals surface area (Å²) >= 11 is 0. The summed E-state index contributed by atoms with van der Waals surface area (Å²) < 4.78 is 10.2. The molecule has 0 spiro atoms. The van der Waals surface area contributed by atoms with Gasteiger partial charge in [-0.3, -0.25) is 14.9 Å². The number of carbonyl (C=O) groups is 2. The summed E-state index contributed by atoms with van der Waals surface area (Å²) in [4.78, 5) is 34.7. The Kier molecular flexibility index (Phi) is 5.90. The molecule has 2 aromatic carbocycles. The molecule has 1 N–H and O–H groups in total. The highest BCUT2D eigenvalue weighted by atomic mass is 16.6. The lowest BCUT2D eigenvalue weighted by Gasteiger charge is -2.14. The van der Waals surface area contributed by atoms with E-state index in [0.29, 0.717) is 17.0 Å². The van der Waals surface area contributed by atoms with Gasteiger partial charge in [0.1, 0.15) is 5.75 Å². The summed E-state index contributed by atoms with van der Waals surface area (Å²) in [5.41, 5.74) is 0.731. The summed E-state index contributed by atoms with van der Waals surface area (Å²) in [5, 5.41) is 13.6. The van der Waals surface area contributed by atoms with Crippen LogP contribution in [0.15, 0.2) is 42.5 Å². The smallest absolute Gasteiger partial charge is 0.339 e. The Morgan fingerprint density at radius 2 is 1.92 bits per heavy atom. The van der Waals surface area contributed by atoms with Gasteiger partial charge in [0.25, 0.3) is 11.6 Å². The molecular weight excluding hydrogens is 340 g/mol. The fraction of sp³-hybridized carbons (Fsp3) is 0.222. The number of ether oxygens (including phenoxy) is 2. The second-order valence-corrected chi connectivity index (χ2v) is 5.53. The van der Waals surface area contributed by atoms with Crippen molar-refractivity contribution in [3.63, 3.8) is 0 Å². The van der Waals surface area contributed by atoms with Gasteiger partial charge in [0.15, 0.2) is 6.10 Å². The van der Waals surface area contributed by atoms with E-state index in [4.69, 9.17) is 9.47 Å². The number of methoxy groups -OCH3 is 1. The largest absolute Gasteiger partial charge is 0.497 e. The molecule has 0 saturated carbocycles. The van der Waals surface area contributed by atoms with Crippen LogP contribution in [-0.2, 0) is 9.53 Å². The molecule has 8 heteroatoms. The van der Waals surface area contributed by atoms with Crippen LogP contribution in [0.2, 0.25) is 0 Å². The molecule has 0 fully saturated rings. The first-order valence-corrected chi connectivity index (χ1v) is 7.72. The first kappa shape index (κ1) is 18.9. The number of hydrogen-bond acceptors (Lipinski definition) is 6. The number of carbonyl (C=O) groups excluding carboxylic acids is 2. The third-order valence-corrected chi connectivity index (χ3v) is 3.63. The summed E-state index contributed by atoms with van der Waals surface area (Å²) in [5.74, 6) is -0.783. The average Bonchev–Trinajstić information content (AvgIpc) is 2.61. The van der Waals surface area contributed by atoms with Crippen LogP contribution in [0, 0.1) is 17.0 Å². The molecule has 0 aliphatic carbocycles. The predicted molar refractivity (Wildman–Crippen MR) is 94.3 cm³/mol. The molecule has 0 saturated heterocycles. The van der Waals surface area contributed by atoms with Gasteiger partial charge in [-0.2, -0.15) is 0 Å². The monoisotopic (exact) mass is 358 g/mol. The second kappa shape index (κ2) is 8.11. The highest BCUT2D eigenvalue weighted by molar-refractivity contribution is 5.97. The molecule has 136 valence electrons. The van der Waals surface area contributed by atoms with E-state index >= 15 is 0 Å². The van der Waals surface area contributed by atoms with Crippen LogP contribution in [0.1, 0.15) is 22.8 Å². The lowest BCUT2D eigenvalue weighted by Crippen LogP contribution is -2.30. The highest BCUT2D eigenvalue weighted by Gasteiger charge is 2.21. The summed E-state index contributed by atoms with van der Waals surface area (Å²) in [6.45, 7) is 2.98. The van der Waals surface area contributed by atoms with Crippen molar-refractivity contribution in [1.29, 1.82) is 0 Å². The zero-order valence-corrected chi connectivity index (χ0v) is 14.5. The van der Waals surface area contributed by atoms with Crippen molar-refractivity contribution in [1.82, 2.24) is 0 Å². The van der Waals surface area contributed by atoms with Crippen LogP contribution in [0.4, 0.5) is 11.4 Å². The molecule has 0 bridgehead atoms. The second-order valence-electron chi connectivity index (χ2n) is 5.53. The molecule has 0 aliphatic rings. The molecule has 0 aliphatic heterocycles. The maximum Gasteiger partial charge on any atom is 0.339 e. The van der Waals surface area contributed by atoms with Crippen molar-refractivity contribution in [3.05, 3.63) is 63.7 Å². The Hall–Kier alpha value is -3.42. The van der Waals surface area contributed by atoms with E-state index in [1.54, 1.807) is 31.2 Å². The molecule has 0 aromatic heterocycles. The molecule has 26 heavy (non-hydrogen) atoms. The Bertz CT molecular complexity index is 849. The Labute approximate surface area is 149 Å². The van der Waals surface area contributed by atoms with Gasteiger partial charge >= 0.3 is 5.97 Å². The van der Waals surface area contributed by atoms with E-state index in [1.165, 1.54) is 26.2 Å². The molecule has 1 amide bonds. The quantitative estimate of drug-likeness (QED) is 0.483. The van der Waals surface area contributed by atoms with E-state index in [-0.39, 0.29) is 11.3 Å². The summed E-state index contributed by atoms with van der Waals surface area (Å²) in [6, 6.07) is 10.7. The fourth-order valence-corrected chi connectivity index (χ4v) is 2.16. The van der Waals surface area contributed by atoms with Crippen molar-refractivity contribution in [2.45, 2.75) is 20.0 Å². The number of esters is 1. The van der Waals surface area contributed by atoms with Crippen molar-refractivity contribution >= 4 is 23.3 Å². The first-order chi connectivity index (χ1) is 12.3. The number of nitro groups is 1. The van der Waals surface area contributed by atoms with Gasteiger partial charge in [0, 0.05) is 23.4 Å². The van der Waals surface area contributed by atoms with Gasteiger partial charge in [-0.1, -0.05) is 12.1 Å². The number of nitro benzene ring substituents is 1. The number of amides is 1. The van der Waals surface area contributed by atoms with Crippen LogP contribution in [0.25, 0.3) is 0 Å². The van der Waals surface area contributed by atoms with Crippen molar-refractivity contribution < 1.29 is 24.0 Å². The molecule has 2 rings (SSSR count). The third-order valence-electron chi connectivity index (χ3n) is 3.63. The normalized spacial score (nSPS) is 11.3. The maximum atomic E-state index is 12.2. The van der Waals surface area contributed by atoms with E-state index in [1.807, 2.05) is 0 Å². The zero-order chi connectivity index (χ0) is 19.3.